The van der Waals surface area contributed by atoms with E-state index in [1.54, 1.807) is 0 Å². The van der Waals surface area contributed by atoms with Crippen molar-refractivity contribution in [2.45, 2.75) is 25.8 Å². The van der Waals surface area contributed by atoms with Gasteiger partial charge >= 0.3 is 0 Å². The van der Waals surface area contributed by atoms with Crippen molar-refractivity contribution in [3.8, 4) is 0 Å². The summed E-state index contributed by atoms with van der Waals surface area (Å²) in [6.45, 7) is 5.57. The monoisotopic (exact) mass is 247 g/mol. The predicted octanol–water partition coefficient (Wildman–Crippen LogP) is 2.33. The number of hydrogen-bond donors (Lipinski definition) is 1. The van der Waals surface area contributed by atoms with Gasteiger partial charge in [0, 0.05) is 32.7 Å². The third-order valence-corrected chi connectivity index (χ3v) is 3.78. The second-order valence-corrected chi connectivity index (χ2v) is 5.10. The van der Waals surface area contributed by atoms with Crippen LogP contribution in [0.5, 0.6) is 0 Å². The van der Waals surface area contributed by atoms with E-state index in [2.05, 4.69) is 53.4 Å². The minimum Gasteiger partial charge on any atom is -0.371 e. The van der Waals surface area contributed by atoms with Crippen molar-refractivity contribution in [2.75, 3.05) is 43.5 Å². The first-order valence-corrected chi connectivity index (χ1v) is 6.99. The Labute approximate surface area is 111 Å². The minimum atomic E-state index is 0.606. The zero-order valence-electron chi connectivity index (χ0n) is 11.8. The van der Waals surface area contributed by atoms with Gasteiger partial charge in [0.25, 0.3) is 0 Å². The van der Waals surface area contributed by atoms with E-state index in [1.807, 2.05) is 7.05 Å². The van der Waals surface area contributed by atoms with Crippen LogP contribution in [0.3, 0.4) is 0 Å². The zero-order valence-corrected chi connectivity index (χ0v) is 11.8. The second kappa shape index (κ2) is 6.10. The molecule has 0 fully saturated rings. The summed E-state index contributed by atoms with van der Waals surface area (Å²) in [7, 11) is 4.23. The quantitative estimate of drug-likeness (QED) is 0.861. The molecule has 1 aromatic rings. The maximum atomic E-state index is 3.34. The summed E-state index contributed by atoms with van der Waals surface area (Å²) in [5.74, 6) is 0. The summed E-state index contributed by atoms with van der Waals surface area (Å²) < 4.78 is 0. The molecule has 0 bridgehead atoms. The molecule has 1 heterocycles. The van der Waals surface area contributed by atoms with Gasteiger partial charge in [0.2, 0.25) is 0 Å². The van der Waals surface area contributed by atoms with Crippen molar-refractivity contribution in [2.24, 2.45) is 0 Å². The Morgan fingerprint density at radius 3 is 2.61 bits per heavy atom. The highest BCUT2D eigenvalue weighted by Crippen LogP contribution is 2.33. The van der Waals surface area contributed by atoms with Gasteiger partial charge < -0.3 is 15.1 Å². The van der Waals surface area contributed by atoms with E-state index in [4.69, 9.17) is 0 Å². The van der Waals surface area contributed by atoms with Crippen LogP contribution in [-0.2, 0) is 0 Å². The van der Waals surface area contributed by atoms with Gasteiger partial charge in [0.1, 0.15) is 0 Å². The van der Waals surface area contributed by atoms with Crippen LogP contribution >= 0.6 is 0 Å². The van der Waals surface area contributed by atoms with Crippen LogP contribution in [0.2, 0.25) is 0 Å². The maximum Gasteiger partial charge on any atom is 0.0607 e. The molecule has 1 aromatic carbocycles. The van der Waals surface area contributed by atoms with Crippen LogP contribution in [0.15, 0.2) is 24.3 Å². The molecule has 1 aliphatic rings. The summed E-state index contributed by atoms with van der Waals surface area (Å²) in [5.41, 5.74) is 2.75. The highest BCUT2D eigenvalue weighted by atomic mass is 15.3. The molecule has 3 heteroatoms. The second-order valence-electron chi connectivity index (χ2n) is 5.10. The fraction of sp³-hybridized carbons (Fsp3) is 0.600. The zero-order chi connectivity index (χ0) is 13.0. The largest absolute Gasteiger partial charge is 0.371 e. The number of hydrogen-bond acceptors (Lipinski definition) is 3. The van der Waals surface area contributed by atoms with Crippen molar-refractivity contribution >= 4 is 11.4 Å². The Balaban J connectivity index is 2.26. The molecule has 1 atom stereocenters. The molecule has 0 amide bonds. The fourth-order valence-electron chi connectivity index (χ4n) is 2.84. The van der Waals surface area contributed by atoms with E-state index >= 15 is 0 Å². The van der Waals surface area contributed by atoms with E-state index in [0.29, 0.717) is 6.04 Å². The van der Waals surface area contributed by atoms with Gasteiger partial charge in [-0.3, -0.25) is 0 Å². The van der Waals surface area contributed by atoms with Gasteiger partial charge in [-0.15, -0.1) is 0 Å². The van der Waals surface area contributed by atoms with E-state index in [-0.39, 0.29) is 0 Å². The molecule has 1 N–H and O–H groups in total. The topological polar surface area (TPSA) is 18.5 Å². The number of nitrogens with zero attached hydrogens (tertiary/aromatic N) is 2. The SMILES string of the molecule is CCCC(CNC)N1CCN(C)c2ccccc21. The number of benzene rings is 1. The van der Waals surface area contributed by atoms with Crippen LogP contribution < -0.4 is 15.1 Å². The highest BCUT2D eigenvalue weighted by molar-refractivity contribution is 5.73. The standard InChI is InChI=1S/C15H25N3/c1-4-7-13(12-16-2)18-11-10-17(3)14-8-5-6-9-15(14)18/h5-6,8-9,13,16H,4,7,10-12H2,1-3H3. The summed E-state index contributed by atoms with van der Waals surface area (Å²) >= 11 is 0. The first kappa shape index (κ1) is 13.2. The Morgan fingerprint density at radius 2 is 1.94 bits per heavy atom. The van der Waals surface area contributed by atoms with E-state index in [0.717, 1.165) is 19.6 Å². The van der Waals surface area contributed by atoms with E-state index in [9.17, 15) is 0 Å². The summed E-state index contributed by atoms with van der Waals surface area (Å²) in [4.78, 5) is 4.93. The fourth-order valence-corrected chi connectivity index (χ4v) is 2.84. The Kier molecular flexibility index (Phi) is 4.48. The maximum absolute atomic E-state index is 3.34. The number of para-hydroxylation sites is 2. The lowest BCUT2D eigenvalue weighted by atomic mass is 10.1. The number of likely N-dealkylation sites (N-methyl/N-ethyl adjacent to an activating group) is 2. The summed E-state index contributed by atoms with van der Waals surface area (Å²) in [5, 5.41) is 3.34. The van der Waals surface area contributed by atoms with Crippen LogP contribution in [0.4, 0.5) is 11.4 Å². The molecule has 18 heavy (non-hydrogen) atoms. The molecule has 3 nitrogen and oxygen atoms in total. The Bertz CT molecular complexity index is 372. The molecule has 1 aliphatic heterocycles. The first-order chi connectivity index (χ1) is 8.77. The molecular weight excluding hydrogens is 222 g/mol. The van der Waals surface area contributed by atoms with Crippen LogP contribution in [0, 0.1) is 0 Å². The molecule has 0 saturated carbocycles. The van der Waals surface area contributed by atoms with Gasteiger partial charge in [-0.2, -0.15) is 0 Å². The van der Waals surface area contributed by atoms with Crippen molar-refractivity contribution in [1.82, 2.24) is 5.32 Å². The lowest BCUT2D eigenvalue weighted by Gasteiger charge is -2.41. The summed E-state index contributed by atoms with van der Waals surface area (Å²) in [6, 6.07) is 9.36. The lowest BCUT2D eigenvalue weighted by Crippen LogP contribution is -2.48. The molecule has 2 rings (SSSR count). The van der Waals surface area contributed by atoms with Crippen LogP contribution in [0.25, 0.3) is 0 Å². The van der Waals surface area contributed by atoms with Crippen molar-refractivity contribution in [3.05, 3.63) is 24.3 Å². The van der Waals surface area contributed by atoms with Crippen molar-refractivity contribution < 1.29 is 0 Å². The molecule has 0 aromatic heterocycles. The van der Waals surface area contributed by atoms with Gasteiger partial charge in [-0.1, -0.05) is 25.5 Å². The molecule has 1 unspecified atom stereocenters. The molecule has 0 radical (unpaired) electrons. The van der Waals surface area contributed by atoms with Crippen molar-refractivity contribution in [1.29, 1.82) is 0 Å². The Hall–Kier alpha value is -1.22. The average molecular weight is 247 g/mol. The van der Waals surface area contributed by atoms with Crippen molar-refractivity contribution in [3.63, 3.8) is 0 Å². The number of anilines is 2. The van der Waals surface area contributed by atoms with Gasteiger partial charge in [0.05, 0.1) is 11.4 Å². The van der Waals surface area contributed by atoms with Crippen LogP contribution in [-0.4, -0.2) is 39.8 Å². The van der Waals surface area contributed by atoms with Gasteiger partial charge in [-0.05, 0) is 25.6 Å². The molecule has 0 saturated heterocycles. The first-order valence-electron chi connectivity index (χ1n) is 6.99. The lowest BCUT2D eigenvalue weighted by molar-refractivity contribution is 0.512. The molecule has 0 aliphatic carbocycles. The van der Waals surface area contributed by atoms with Crippen LogP contribution in [0.1, 0.15) is 19.8 Å². The average Bonchev–Trinajstić information content (AvgIpc) is 2.39. The highest BCUT2D eigenvalue weighted by Gasteiger charge is 2.25. The van der Waals surface area contributed by atoms with Gasteiger partial charge in [0.15, 0.2) is 0 Å². The minimum absolute atomic E-state index is 0.606. The predicted molar refractivity (Wildman–Crippen MR) is 79.7 cm³/mol. The number of nitrogens with one attached hydrogen (secondary N) is 1. The van der Waals surface area contributed by atoms with Gasteiger partial charge in [-0.25, -0.2) is 0 Å². The summed E-state index contributed by atoms with van der Waals surface area (Å²) in [6.07, 6.45) is 2.49. The normalized spacial score (nSPS) is 16.6. The third kappa shape index (κ3) is 2.61. The third-order valence-electron chi connectivity index (χ3n) is 3.78. The van der Waals surface area contributed by atoms with E-state index < -0.39 is 0 Å². The smallest absolute Gasteiger partial charge is 0.0607 e. The Morgan fingerprint density at radius 1 is 1.22 bits per heavy atom. The van der Waals surface area contributed by atoms with E-state index in [1.165, 1.54) is 24.2 Å². The molecule has 100 valence electrons. The number of fused-ring (bicyclic) bond motifs is 1. The molecular formula is C15H25N3. The number of rotatable bonds is 5. The molecule has 0 spiro atoms.